The third kappa shape index (κ3) is 5.43. The molecule has 0 saturated heterocycles. The van der Waals surface area contributed by atoms with Crippen LogP contribution in [0.2, 0.25) is 0 Å². The normalized spacial score (nSPS) is 11.3. The molecule has 5 nitrogen and oxygen atoms in total. The maximum atomic E-state index is 12.2. The van der Waals surface area contributed by atoms with E-state index in [2.05, 4.69) is 21.2 Å². The number of nitriles is 1. The SMILES string of the molecule is CC[C@H](NC(=O)COC(=O)c1ccccc1CC#N)c1ccc(Br)cc1. The second kappa shape index (κ2) is 9.73. The fourth-order valence-corrected chi connectivity index (χ4v) is 2.78. The lowest BCUT2D eigenvalue weighted by Gasteiger charge is -2.17. The van der Waals surface area contributed by atoms with E-state index in [1.54, 1.807) is 24.3 Å². The summed E-state index contributed by atoms with van der Waals surface area (Å²) in [6.45, 7) is 1.60. The first-order valence-electron chi connectivity index (χ1n) is 8.22. The second-order valence-corrected chi connectivity index (χ2v) is 6.56. The Morgan fingerprint density at radius 3 is 2.54 bits per heavy atom. The monoisotopic (exact) mass is 414 g/mol. The Bertz CT molecular complexity index is 813. The summed E-state index contributed by atoms with van der Waals surface area (Å²) in [5.74, 6) is -0.978. The van der Waals surface area contributed by atoms with Crippen LogP contribution in [0, 0.1) is 11.3 Å². The number of esters is 1. The third-order valence-corrected chi connectivity index (χ3v) is 4.39. The average molecular weight is 415 g/mol. The van der Waals surface area contributed by atoms with Gasteiger partial charge in [0.1, 0.15) is 0 Å². The summed E-state index contributed by atoms with van der Waals surface area (Å²) in [6.07, 6.45) is 0.825. The van der Waals surface area contributed by atoms with Crippen molar-refractivity contribution in [2.45, 2.75) is 25.8 Å². The highest BCUT2D eigenvalue weighted by atomic mass is 79.9. The van der Waals surface area contributed by atoms with Gasteiger partial charge < -0.3 is 10.1 Å². The summed E-state index contributed by atoms with van der Waals surface area (Å²) in [7, 11) is 0. The largest absolute Gasteiger partial charge is 0.452 e. The smallest absolute Gasteiger partial charge is 0.338 e. The van der Waals surface area contributed by atoms with Crippen LogP contribution in [0.4, 0.5) is 0 Å². The first-order chi connectivity index (χ1) is 12.5. The molecule has 2 aromatic rings. The molecule has 0 aliphatic heterocycles. The van der Waals surface area contributed by atoms with Crippen LogP contribution in [-0.4, -0.2) is 18.5 Å². The molecule has 0 aliphatic rings. The molecule has 26 heavy (non-hydrogen) atoms. The molecule has 0 unspecified atom stereocenters. The van der Waals surface area contributed by atoms with E-state index in [-0.39, 0.29) is 25.0 Å². The molecular formula is C20H19BrN2O3. The van der Waals surface area contributed by atoms with Crippen molar-refractivity contribution in [3.63, 3.8) is 0 Å². The molecule has 0 saturated carbocycles. The summed E-state index contributed by atoms with van der Waals surface area (Å²) >= 11 is 3.38. The number of carbonyl (C=O) groups is 2. The minimum Gasteiger partial charge on any atom is -0.452 e. The Balaban J connectivity index is 1.94. The quantitative estimate of drug-likeness (QED) is 0.695. The zero-order valence-corrected chi connectivity index (χ0v) is 16.0. The molecule has 0 heterocycles. The Morgan fingerprint density at radius 1 is 1.19 bits per heavy atom. The van der Waals surface area contributed by atoms with Gasteiger partial charge in [-0.3, -0.25) is 4.79 Å². The standard InChI is InChI=1S/C20H19BrN2O3/c1-2-18(15-7-9-16(21)10-8-15)23-19(24)13-26-20(25)17-6-4-3-5-14(17)11-12-22/h3-10,18H,2,11,13H2,1H3,(H,23,24)/t18-/m0/s1. The number of nitrogens with zero attached hydrogens (tertiary/aromatic N) is 1. The molecule has 0 fully saturated rings. The number of hydrogen-bond acceptors (Lipinski definition) is 4. The fraction of sp³-hybridized carbons (Fsp3) is 0.250. The van der Waals surface area contributed by atoms with Gasteiger partial charge in [0.25, 0.3) is 5.91 Å². The minimum absolute atomic E-state index is 0.110. The van der Waals surface area contributed by atoms with E-state index in [0.29, 0.717) is 17.5 Å². The lowest BCUT2D eigenvalue weighted by molar-refractivity contribution is -0.125. The molecule has 134 valence electrons. The van der Waals surface area contributed by atoms with E-state index in [1.807, 2.05) is 37.3 Å². The van der Waals surface area contributed by atoms with Crippen LogP contribution >= 0.6 is 15.9 Å². The Kier molecular flexibility index (Phi) is 7.37. The molecule has 2 aromatic carbocycles. The van der Waals surface area contributed by atoms with Gasteiger partial charge in [0.15, 0.2) is 6.61 Å². The van der Waals surface area contributed by atoms with Crippen LogP contribution < -0.4 is 5.32 Å². The minimum atomic E-state index is -0.609. The van der Waals surface area contributed by atoms with Crippen LogP contribution in [0.1, 0.15) is 40.9 Å². The van der Waals surface area contributed by atoms with E-state index in [1.165, 1.54) is 0 Å². The summed E-state index contributed by atoms with van der Waals surface area (Å²) in [5.41, 5.74) is 1.87. The number of halogens is 1. The van der Waals surface area contributed by atoms with Gasteiger partial charge in [0, 0.05) is 4.47 Å². The van der Waals surface area contributed by atoms with Crippen LogP contribution in [-0.2, 0) is 16.0 Å². The predicted molar refractivity (Wildman–Crippen MR) is 101 cm³/mol. The fourth-order valence-electron chi connectivity index (χ4n) is 2.52. The van der Waals surface area contributed by atoms with Crippen molar-refractivity contribution >= 4 is 27.8 Å². The Hall–Kier alpha value is -2.65. The van der Waals surface area contributed by atoms with E-state index >= 15 is 0 Å². The van der Waals surface area contributed by atoms with Gasteiger partial charge >= 0.3 is 5.97 Å². The van der Waals surface area contributed by atoms with Crippen LogP contribution in [0.3, 0.4) is 0 Å². The van der Waals surface area contributed by atoms with Gasteiger partial charge in [-0.05, 0) is 35.7 Å². The van der Waals surface area contributed by atoms with Crippen molar-refractivity contribution < 1.29 is 14.3 Å². The van der Waals surface area contributed by atoms with E-state index in [0.717, 1.165) is 10.0 Å². The van der Waals surface area contributed by atoms with Crippen molar-refractivity contribution in [3.05, 3.63) is 69.7 Å². The van der Waals surface area contributed by atoms with Gasteiger partial charge in [-0.15, -0.1) is 0 Å². The van der Waals surface area contributed by atoms with Crippen LogP contribution in [0.25, 0.3) is 0 Å². The number of rotatable bonds is 7. The van der Waals surface area contributed by atoms with Crippen molar-refractivity contribution in [2.24, 2.45) is 0 Å². The van der Waals surface area contributed by atoms with Crippen molar-refractivity contribution in [1.29, 1.82) is 5.26 Å². The van der Waals surface area contributed by atoms with Gasteiger partial charge in [0.05, 0.1) is 24.1 Å². The lowest BCUT2D eigenvalue weighted by Crippen LogP contribution is -2.32. The van der Waals surface area contributed by atoms with Gasteiger partial charge in [-0.1, -0.05) is 53.2 Å². The highest BCUT2D eigenvalue weighted by Crippen LogP contribution is 2.19. The summed E-state index contributed by atoms with van der Waals surface area (Å²) in [4.78, 5) is 24.3. The average Bonchev–Trinajstić information content (AvgIpc) is 2.65. The van der Waals surface area contributed by atoms with E-state index < -0.39 is 5.97 Å². The van der Waals surface area contributed by atoms with E-state index in [9.17, 15) is 9.59 Å². The maximum absolute atomic E-state index is 12.2. The lowest BCUT2D eigenvalue weighted by atomic mass is 10.0. The zero-order valence-electron chi connectivity index (χ0n) is 14.4. The third-order valence-electron chi connectivity index (χ3n) is 3.86. The number of carbonyl (C=O) groups excluding carboxylic acids is 2. The zero-order chi connectivity index (χ0) is 18.9. The molecule has 0 radical (unpaired) electrons. The first-order valence-corrected chi connectivity index (χ1v) is 9.01. The van der Waals surface area contributed by atoms with Crippen molar-refractivity contribution in [2.75, 3.05) is 6.61 Å². The number of amides is 1. The highest BCUT2D eigenvalue weighted by Gasteiger charge is 2.16. The molecular weight excluding hydrogens is 396 g/mol. The van der Waals surface area contributed by atoms with Crippen molar-refractivity contribution in [3.8, 4) is 6.07 Å². The second-order valence-electron chi connectivity index (χ2n) is 5.65. The molecule has 2 rings (SSSR count). The van der Waals surface area contributed by atoms with Crippen molar-refractivity contribution in [1.82, 2.24) is 5.32 Å². The highest BCUT2D eigenvalue weighted by molar-refractivity contribution is 9.10. The number of nitrogens with one attached hydrogen (secondary N) is 1. The predicted octanol–water partition coefficient (Wildman–Crippen LogP) is 3.94. The summed E-state index contributed by atoms with van der Waals surface area (Å²) < 4.78 is 6.07. The molecule has 1 N–H and O–H groups in total. The number of hydrogen-bond donors (Lipinski definition) is 1. The molecule has 1 atom stereocenters. The van der Waals surface area contributed by atoms with E-state index in [4.69, 9.17) is 10.00 Å². The number of ether oxygens (including phenoxy) is 1. The molecule has 0 spiro atoms. The maximum Gasteiger partial charge on any atom is 0.338 e. The molecule has 0 aliphatic carbocycles. The van der Waals surface area contributed by atoms with Gasteiger partial charge in [0.2, 0.25) is 0 Å². The Morgan fingerprint density at radius 2 is 1.88 bits per heavy atom. The number of benzene rings is 2. The molecule has 0 bridgehead atoms. The Labute approximate surface area is 161 Å². The topological polar surface area (TPSA) is 79.2 Å². The summed E-state index contributed by atoms with van der Waals surface area (Å²) in [6, 6.07) is 16.3. The molecule has 1 amide bonds. The summed E-state index contributed by atoms with van der Waals surface area (Å²) in [5, 5.41) is 11.7. The van der Waals surface area contributed by atoms with Crippen LogP contribution in [0.15, 0.2) is 53.0 Å². The van der Waals surface area contributed by atoms with Gasteiger partial charge in [-0.2, -0.15) is 5.26 Å². The molecule has 6 heteroatoms. The molecule has 0 aromatic heterocycles. The first kappa shape index (κ1) is 19.7. The van der Waals surface area contributed by atoms with Crippen LogP contribution in [0.5, 0.6) is 0 Å². The van der Waals surface area contributed by atoms with Gasteiger partial charge in [-0.25, -0.2) is 4.79 Å².